The average molecular weight is 369 g/mol. The van der Waals surface area contributed by atoms with Crippen molar-refractivity contribution in [1.29, 1.82) is 0 Å². The van der Waals surface area contributed by atoms with Gasteiger partial charge in [0.15, 0.2) is 0 Å². The van der Waals surface area contributed by atoms with E-state index < -0.39 is 0 Å². The molecule has 0 aliphatic heterocycles. The van der Waals surface area contributed by atoms with E-state index in [-0.39, 0.29) is 23.9 Å². The van der Waals surface area contributed by atoms with Crippen molar-refractivity contribution in [3.63, 3.8) is 0 Å². The fourth-order valence-corrected chi connectivity index (χ4v) is 2.86. The molecule has 0 atom stereocenters. The summed E-state index contributed by atoms with van der Waals surface area (Å²) in [6.45, 7) is 7.38. The molecular formula is C21H27N3O3. The first-order valence-corrected chi connectivity index (χ1v) is 9.30. The number of hydrogen-bond donors (Lipinski definition) is 1. The minimum absolute atomic E-state index is 0.00268. The van der Waals surface area contributed by atoms with Crippen molar-refractivity contribution in [2.24, 2.45) is 0 Å². The van der Waals surface area contributed by atoms with Crippen LogP contribution in [0, 0.1) is 6.92 Å². The lowest BCUT2D eigenvalue weighted by Crippen LogP contribution is -2.32. The molecule has 0 aliphatic rings. The molecule has 1 aromatic heterocycles. The average Bonchev–Trinajstić information content (AvgIpc) is 2.64. The van der Waals surface area contributed by atoms with E-state index in [0.717, 1.165) is 31.5 Å². The highest BCUT2D eigenvalue weighted by atomic mass is 16.2. The van der Waals surface area contributed by atoms with Crippen LogP contribution in [0.15, 0.2) is 47.4 Å². The number of benzene rings is 1. The Labute approximate surface area is 159 Å². The summed E-state index contributed by atoms with van der Waals surface area (Å²) in [6.07, 6.45) is 3.48. The Morgan fingerprint density at radius 3 is 2.22 bits per heavy atom. The first-order chi connectivity index (χ1) is 12.9. The van der Waals surface area contributed by atoms with Crippen LogP contribution in [-0.2, 0) is 11.3 Å². The van der Waals surface area contributed by atoms with Gasteiger partial charge in [0.05, 0.1) is 0 Å². The van der Waals surface area contributed by atoms with Crippen LogP contribution in [0.4, 0.5) is 5.69 Å². The van der Waals surface area contributed by atoms with Gasteiger partial charge >= 0.3 is 0 Å². The minimum Gasteiger partial charge on any atom is -0.339 e. The maximum atomic E-state index is 12.6. The molecule has 0 aliphatic carbocycles. The Kier molecular flexibility index (Phi) is 7.34. The van der Waals surface area contributed by atoms with E-state index in [1.165, 1.54) is 10.6 Å². The second-order valence-corrected chi connectivity index (χ2v) is 6.59. The largest absolute Gasteiger partial charge is 0.339 e. The number of aromatic nitrogens is 1. The standard InChI is InChI=1S/C21H27N3O3/c1-4-12-23(13-5-2)21(27)17-7-9-18(10-8-17)22-19(25)15-24-14-16(3)6-11-20(24)26/h6-11,14H,4-5,12-13,15H2,1-3H3,(H,22,25). The fraction of sp³-hybridized carbons (Fsp3) is 0.381. The van der Waals surface area contributed by atoms with Gasteiger partial charge in [-0.25, -0.2) is 0 Å². The number of pyridine rings is 1. The number of rotatable bonds is 8. The van der Waals surface area contributed by atoms with Crippen molar-refractivity contribution in [2.75, 3.05) is 18.4 Å². The van der Waals surface area contributed by atoms with Crippen LogP contribution < -0.4 is 10.9 Å². The van der Waals surface area contributed by atoms with E-state index in [2.05, 4.69) is 5.32 Å². The molecule has 0 radical (unpaired) electrons. The Morgan fingerprint density at radius 1 is 1.00 bits per heavy atom. The highest BCUT2D eigenvalue weighted by Gasteiger charge is 2.14. The van der Waals surface area contributed by atoms with Gasteiger partial charge in [0, 0.05) is 36.6 Å². The van der Waals surface area contributed by atoms with Gasteiger partial charge in [0.2, 0.25) is 5.91 Å². The van der Waals surface area contributed by atoms with Crippen LogP contribution in [0.2, 0.25) is 0 Å². The van der Waals surface area contributed by atoms with Crippen molar-refractivity contribution < 1.29 is 9.59 Å². The first-order valence-electron chi connectivity index (χ1n) is 9.30. The summed E-state index contributed by atoms with van der Waals surface area (Å²) in [6, 6.07) is 10.0. The third kappa shape index (κ3) is 5.81. The predicted molar refractivity (Wildman–Crippen MR) is 107 cm³/mol. The van der Waals surface area contributed by atoms with E-state index in [1.54, 1.807) is 36.5 Å². The van der Waals surface area contributed by atoms with E-state index >= 15 is 0 Å². The summed E-state index contributed by atoms with van der Waals surface area (Å²) < 4.78 is 1.37. The smallest absolute Gasteiger partial charge is 0.253 e. The summed E-state index contributed by atoms with van der Waals surface area (Å²) in [7, 11) is 0. The Hall–Kier alpha value is -2.89. The highest BCUT2D eigenvalue weighted by molar-refractivity contribution is 5.95. The van der Waals surface area contributed by atoms with Gasteiger partial charge in [-0.05, 0) is 49.6 Å². The number of amides is 2. The number of carbonyl (C=O) groups excluding carboxylic acids is 2. The zero-order chi connectivity index (χ0) is 19.8. The van der Waals surface area contributed by atoms with Crippen molar-refractivity contribution in [3.8, 4) is 0 Å². The van der Waals surface area contributed by atoms with E-state index in [1.807, 2.05) is 25.7 Å². The van der Waals surface area contributed by atoms with Crippen LogP contribution >= 0.6 is 0 Å². The maximum Gasteiger partial charge on any atom is 0.253 e. The molecule has 27 heavy (non-hydrogen) atoms. The lowest BCUT2D eigenvalue weighted by molar-refractivity contribution is -0.116. The normalized spacial score (nSPS) is 10.5. The van der Waals surface area contributed by atoms with Gasteiger partial charge in [-0.1, -0.05) is 19.9 Å². The third-order valence-corrected chi connectivity index (χ3v) is 4.14. The summed E-state index contributed by atoms with van der Waals surface area (Å²) in [5.41, 5.74) is 1.89. The minimum atomic E-state index is -0.291. The second-order valence-electron chi connectivity index (χ2n) is 6.59. The molecule has 2 amide bonds. The Morgan fingerprint density at radius 2 is 1.63 bits per heavy atom. The second kappa shape index (κ2) is 9.71. The lowest BCUT2D eigenvalue weighted by atomic mass is 10.1. The summed E-state index contributed by atoms with van der Waals surface area (Å²) >= 11 is 0. The third-order valence-electron chi connectivity index (χ3n) is 4.14. The zero-order valence-corrected chi connectivity index (χ0v) is 16.2. The van der Waals surface area contributed by atoms with Crippen LogP contribution in [0.3, 0.4) is 0 Å². The molecular weight excluding hydrogens is 342 g/mol. The van der Waals surface area contributed by atoms with Gasteiger partial charge in [-0.15, -0.1) is 0 Å². The maximum absolute atomic E-state index is 12.6. The number of aryl methyl sites for hydroxylation is 1. The molecule has 144 valence electrons. The van der Waals surface area contributed by atoms with Crippen LogP contribution in [0.25, 0.3) is 0 Å². The fourth-order valence-electron chi connectivity index (χ4n) is 2.86. The number of hydrogen-bond acceptors (Lipinski definition) is 3. The van der Waals surface area contributed by atoms with E-state index in [4.69, 9.17) is 0 Å². The monoisotopic (exact) mass is 369 g/mol. The zero-order valence-electron chi connectivity index (χ0n) is 16.2. The topological polar surface area (TPSA) is 71.4 Å². The Bertz CT molecular complexity index is 834. The number of nitrogens with zero attached hydrogens (tertiary/aromatic N) is 2. The molecule has 1 aromatic carbocycles. The predicted octanol–water partition coefficient (Wildman–Crippen LogP) is 3.06. The summed E-state index contributed by atoms with van der Waals surface area (Å²) in [5.74, 6) is -0.289. The van der Waals surface area contributed by atoms with Crippen LogP contribution in [0.1, 0.15) is 42.6 Å². The van der Waals surface area contributed by atoms with E-state index in [0.29, 0.717) is 11.3 Å². The molecule has 6 nitrogen and oxygen atoms in total. The molecule has 1 heterocycles. The number of carbonyl (C=O) groups is 2. The lowest BCUT2D eigenvalue weighted by Gasteiger charge is -2.21. The van der Waals surface area contributed by atoms with Gasteiger partial charge in [0.25, 0.3) is 11.5 Å². The van der Waals surface area contributed by atoms with E-state index in [9.17, 15) is 14.4 Å². The Balaban J connectivity index is 2.02. The molecule has 0 saturated heterocycles. The quantitative estimate of drug-likeness (QED) is 0.777. The molecule has 0 unspecified atom stereocenters. The van der Waals surface area contributed by atoms with Crippen molar-refractivity contribution in [3.05, 3.63) is 64.1 Å². The van der Waals surface area contributed by atoms with Crippen LogP contribution in [0.5, 0.6) is 0 Å². The highest BCUT2D eigenvalue weighted by Crippen LogP contribution is 2.12. The SMILES string of the molecule is CCCN(CCC)C(=O)c1ccc(NC(=O)Cn2cc(C)ccc2=O)cc1. The number of anilines is 1. The summed E-state index contributed by atoms with van der Waals surface area (Å²) in [4.78, 5) is 38.4. The van der Waals surface area contributed by atoms with Gasteiger partial charge < -0.3 is 14.8 Å². The molecule has 0 bridgehead atoms. The molecule has 6 heteroatoms. The van der Waals surface area contributed by atoms with Crippen LogP contribution in [-0.4, -0.2) is 34.4 Å². The van der Waals surface area contributed by atoms with Gasteiger partial charge in [-0.2, -0.15) is 0 Å². The molecule has 0 fully saturated rings. The number of nitrogens with one attached hydrogen (secondary N) is 1. The molecule has 0 saturated carbocycles. The van der Waals surface area contributed by atoms with Gasteiger partial charge in [-0.3, -0.25) is 14.4 Å². The van der Waals surface area contributed by atoms with Crippen molar-refractivity contribution in [2.45, 2.75) is 40.2 Å². The molecule has 2 aromatic rings. The molecule has 2 rings (SSSR count). The molecule has 1 N–H and O–H groups in total. The molecule has 0 spiro atoms. The van der Waals surface area contributed by atoms with Crippen molar-refractivity contribution in [1.82, 2.24) is 9.47 Å². The van der Waals surface area contributed by atoms with Gasteiger partial charge in [0.1, 0.15) is 6.54 Å². The first kappa shape index (κ1) is 20.4. The van der Waals surface area contributed by atoms with Crippen molar-refractivity contribution >= 4 is 17.5 Å². The summed E-state index contributed by atoms with van der Waals surface area (Å²) in [5, 5.41) is 2.76.